The SMILES string of the molecule is CCN(CC)CCO.O=c1[nH]c(=O)c2cc(C(F)(F)F)c(-c3cc(Cl)c(F)cc3F)c(SCCCO)c2[nH]1. The third-order valence-electron chi connectivity index (χ3n) is 5.44. The number of halogens is 6. The van der Waals surface area contributed by atoms with E-state index in [4.69, 9.17) is 21.8 Å². The Morgan fingerprint density at radius 3 is 2.18 bits per heavy atom. The summed E-state index contributed by atoms with van der Waals surface area (Å²) in [5.41, 5.74) is -4.98. The number of benzene rings is 2. The Labute approximate surface area is 223 Å². The maximum atomic E-state index is 14.6. The molecule has 0 aliphatic rings. The summed E-state index contributed by atoms with van der Waals surface area (Å²) in [6, 6.07) is 1.56. The molecular formula is C24H27ClF5N3O4S. The van der Waals surface area contributed by atoms with Gasteiger partial charge in [-0.1, -0.05) is 25.4 Å². The summed E-state index contributed by atoms with van der Waals surface area (Å²) in [7, 11) is 0. The number of aromatic amines is 2. The van der Waals surface area contributed by atoms with Crippen molar-refractivity contribution in [3.63, 3.8) is 0 Å². The van der Waals surface area contributed by atoms with Crippen LogP contribution in [0.2, 0.25) is 5.02 Å². The summed E-state index contributed by atoms with van der Waals surface area (Å²) in [6.07, 6.45) is -4.85. The van der Waals surface area contributed by atoms with Crippen LogP contribution < -0.4 is 11.2 Å². The van der Waals surface area contributed by atoms with E-state index in [0.29, 0.717) is 18.2 Å². The van der Waals surface area contributed by atoms with Gasteiger partial charge in [0.25, 0.3) is 5.56 Å². The lowest BCUT2D eigenvalue weighted by atomic mass is 9.96. The number of aliphatic hydroxyl groups excluding tert-OH is 2. The van der Waals surface area contributed by atoms with E-state index in [1.165, 1.54) is 0 Å². The van der Waals surface area contributed by atoms with Crippen molar-refractivity contribution < 1.29 is 32.2 Å². The standard InChI is InChI=1S/C18H12ClF5N2O3S.C6H15NO/c19-10-5-7(11(20)6-12(10)21)13-9(18(22,23)24)4-8-14(15(13)30-3-1-2-27)25-17(29)26-16(8)28;1-3-7(4-2)5-6-8/h4-6,27H,1-3H2,(H2,25,26,28,29);8H,3-6H2,1-2H3. The van der Waals surface area contributed by atoms with Gasteiger partial charge >= 0.3 is 11.9 Å². The van der Waals surface area contributed by atoms with E-state index in [1.54, 1.807) is 0 Å². The monoisotopic (exact) mass is 583 g/mol. The predicted molar refractivity (Wildman–Crippen MR) is 138 cm³/mol. The fraction of sp³-hybridized carbons (Fsp3) is 0.417. The molecule has 0 amide bonds. The van der Waals surface area contributed by atoms with E-state index in [-0.39, 0.29) is 35.8 Å². The van der Waals surface area contributed by atoms with Crippen molar-refractivity contribution in [2.24, 2.45) is 0 Å². The molecule has 3 aromatic rings. The Morgan fingerprint density at radius 1 is 1.00 bits per heavy atom. The van der Waals surface area contributed by atoms with Crippen LogP contribution >= 0.6 is 23.4 Å². The molecule has 0 fully saturated rings. The number of nitrogens with zero attached hydrogens (tertiary/aromatic N) is 1. The molecule has 0 aliphatic heterocycles. The second kappa shape index (κ2) is 14.1. The number of H-pyrrole nitrogens is 2. The summed E-state index contributed by atoms with van der Waals surface area (Å²) in [4.78, 5) is 29.9. The van der Waals surface area contributed by atoms with Gasteiger partial charge in [-0.05, 0) is 31.6 Å². The number of thioether (sulfide) groups is 1. The van der Waals surface area contributed by atoms with Crippen LogP contribution in [0.5, 0.6) is 0 Å². The average molecular weight is 584 g/mol. The Kier molecular flexibility index (Phi) is 11.8. The van der Waals surface area contributed by atoms with Gasteiger partial charge in [0.15, 0.2) is 0 Å². The lowest BCUT2D eigenvalue weighted by Gasteiger charge is -2.20. The third-order valence-corrected chi connectivity index (χ3v) is 6.92. The number of rotatable bonds is 9. The normalized spacial score (nSPS) is 11.7. The highest BCUT2D eigenvalue weighted by molar-refractivity contribution is 7.99. The van der Waals surface area contributed by atoms with E-state index in [2.05, 4.69) is 23.7 Å². The van der Waals surface area contributed by atoms with Crippen LogP contribution in [0.15, 0.2) is 32.7 Å². The van der Waals surface area contributed by atoms with Crippen LogP contribution in [-0.2, 0) is 6.18 Å². The van der Waals surface area contributed by atoms with Crippen molar-refractivity contribution in [3.8, 4) is 11.1 Å². The highest BCUT2D eigenvalue weighted by Gasteiger charge is 2.37. The van der Waals surface area contributed by atoms with Gasteiger partial charge in [-0.25, -0.2) is 13.6 Å². The second-order valence-corrected chi connectivity index (χ2v) is 9.39. The van der Waals surface area contributed by atoms with Crippen LogP contribution in [0.4, 0.5) is 22.0 Å². The van der Waals surface area contributed by atoms with Gasteiger partial charge in [-0.3, -0.25) is 9.78 Å². The van der Waals surface area contributed by atoms with Crippen LogP contribution in [0.3, 0.4) is 0 Å². The van der Waals surface area contributed by atoms with Gasteiger partial charge in [0.1, 0.15) is 11.6 Å². The van der Waals surface area contributed by atoms with Gasteiger partial charge in [-0.15, -0.1) is 11.8 Å². The van der Waals surface area contributed by atoms with E-state index >= 15 is 0 Å². The first-order valence-corrected chi connectivity index (χ1v) is 12.9. The number of nitrogens with one attached hydrogen (secondary N) is 2. The molecule has 14 heteroatoms. The summed E-state index contributed by atoms with van der Waals surface area (Å²) >= 11 is 6.45. The molecule has 4 N–H and O–H groups in total. The van der Waals surface area contributed by atoms with Gasteiger partial charge in [-0.2, -0.15) is 13.2 Å². The first-order chi connectivity index (χ1) is 17.9. The van der Waals surface area contributed by atoms with Crippen LogP contribution in [0.1, 0.15) is 25.8 Å². The van der Waals surface area contributed by atoms with E-state index in [9.17, 15) is 31.5 Å². The molecule has 1 heterocycles. The Balaban J connectivity index is 0.000000550. The van der Waals surface area contributed by atoms with Crippen molar-refractivity contribution in [1.29, 1.82) is 0 Å². The number of alkyl halides is 3. The van der Waals surface area contributed by atoms with Crippen LogP contribution in [0, 0.1) is 11.6 Å². The van der Waals surface area contributed by atoms with Crippen molar-refractivity contribution in [2.75, 3.05) is 38.6 Å². The van der Waals surface area contributed by atoms with Crippen LogP contribution in [-0.4, -0.2) is 63.7 Å². The minimum absolute atomic E-state index is 0.0886. The number of likely N-dealkylation sites (N-methyl/N-ethyl adjacent to an activating group) is 1. The molecule has 7 nitrogen and oxygen atoms in total. The second-order valence-electron chi connectivity index (χ2n) is 7.88. The highest BCUT2D eigenvalue weighted by atomic mass is 35.5. The molecule has 0 bridgehead atoms. The number of hydrogen-bond acceptors (Lipinski definition) is 6. The molecule has 2 aromatic carbocycles. The quantitative estimate of drug-likeness (QED) is 0.127. The molecule has 0 saturated heterocycles. The zero-order chi connectivity index (χ0) is 28.6. The number of aliphatic hydroxyl groups is 2. The van der Waals surface area contributed by atoms with Gasteiger partial charge in [0, 0.05) is 41.0 Å². The van der Waals surface area contributed by atoms with Crippen molar-refractivity contribution >= 4 is 34.3 Å². The zero-order valence-corrected chi connectivity index (χ0v) is 22.1. The summed E-state index contributed by atoms with van der Waals surface area (Å²) < 4.78 is 69.8. The predicted octanol–water partition coefficient (Wildman–Crippen LogP) is 4.63. The fourth-order valence-corrected chi connectivity index (χ4v) is 4.86. The zero-order valence-electron chi connectivity index (χ0n) is 20.5. The third kappa shape index (κ3) is 7.79. The van der Waals surface area contributed by atoms with E-state index < -0.39 is 56.2 Å². The smallest absolute Gasteiger partial charge is 0.396 e. The molecule has 0 aliphatic carbocycles. The molecule has 38 heavy (non-hydrogen) atoms. The van der Waals surface area contributed by atoms with Gasteiger partial charge in [0.2, 0.25) is 0 Å². The molecular weight excluding hydrogens is 557 g/mol. The maximum absolute atomic E-state index is 14.6. The topological polar surface area (TPSA) is 109 Å². The van der Waals surface area contributed by atoms with Gasteiger partial charge < -0.3 is 20.1 Å². The Bertz CT molecular complexity index is 1360. The summed E-state index contributed by atoms with van der Waals surface area (Å²) in [5, 5.41) is 16.4. The molecule has 0 unspecified atom stereocenters. The molecule has 210 valence electrons. The lowest BCUT2D eigenvalue weighted by molar-refractivity contribution is -0.137. The number of fused-ring (bicyclic) bond motifs is 1. The van der Waals surface area contributed by atoms with Crippen LogP contribution in [0.25, 0.3) is 22.0 Å². The number of hydrogen-bond donors (Lipinski definition) is 4. The fourth-order valence-electron chi connectivity index (χ4n) is 3.55. The van der Waals surface area contributed by atoms with Crippen molar-refractivity contribution in [2.45, 2.75) is 31.3 Å². The first-order valence-electron chi connectivity index (χ1n) is 11.5. The first kappa shape index (κ1) is 31.8. The lowest BCUT2D eigenvalue weighted by Crippen LogP contribution is -2.25. The molecule has 0 atom stereocenters. The minimum atomic E-state index is -5.02. The Morgan fingerprint density at radius 2 is 1.66 bits per heavy atom. The van der Waals surface area contributed by atoms with Gasteiger partial charge in [0.05, 0.1) is 28.1 Å². The number of aromatic nitrogens is 2. The summed E-state index contributed by atoms with van der Waals surface area (Å²) in [6.45, 7) is 7.09. The highest BCUT2D eigenvalue weighted by Crippen LogP contribution is 2.46. The molecule has 0 radical (unpaired) electrons. The Hall–Kier alpha value is -2.45. The summed E-state index contributed by atoms with van der Waals surface area (Å²) in [5.74, 6) is -2.38. The largest absolute Gasteiger partial charge is 0.417 e. The molecule has 0 saturated carbocycles. The van der Waals surface area contributed by atoms with E-state index in [0.717, 1.165) is 31.4 Å². The van der Waals surface area contributed by atoms with E-state index in [1.807, 2.05) is 4.98 Å². The average Bonchev–Trinajstić information content (AvgIpc) is 2.84. The van der Waals surface area contributed by atoms with Crippen molar-refractivity contribution in [1.82, 2.24) is 14.9 Å². The molecule has 1 aromatic heterocycles. The minimum Gasteiger partial charge on any atom is -0.396 e. The molecule has 0 spiro atoms. The van der Waals surface area contributed by atoms with Crippen molar-refractivity contribution in [3.05, 3.63) is 61.3 Å². The molecule has 3 rings (SSSR count). The maximum Gasteiger partial charge on any atom is 0.417 e.